The SMILES string of the molecule is CCCc1ccc(C(=O)C[C@@]2(O)C(=O)N(Cc3cccc4ccccc34)c3ccccc32)cc1. The van der Waals surface area contributed by atoms with Gasteiger partial charge in [-0.15, -0.1) is 0 Å². The van der Waals surface area contributed by atoms with E-state index >= 15 is 0 Å². The van der Waals surface area contributed by atoms with E-state index in [-0.39, 0.29) is 12.2 Å². The average Bonchev–Trinajstić information content (AvgIpc) is 3.07. The lowest BCUT2D eigenvalue weighted by Crippen LogP contribution is -2.41. The fourth-order valence-corrected chi connectivity index (χ4v) is 4.92. The first-order chi connectivity index (χ1) is 16.5. The molecule has 0 spiro atoms. The minimum absolute atomic E-state index is 0.249. The molecule has 0 aromatic heterocycles. The van der Waals surface area contributed by atoms with Gasteiger partial charge < -0.3 is 10.0 Å². The van der Waals surface area contributed by atoms with Crippen molar-refractivity contribution in [2.75, 3.05) is 4.90 Å². The second kappa shape index (κ2) is 8.88. The molecule has 1 aliphatic rings. The number of carbonyl (C=O) groups is 2. The van der Waals surface area contributed by atoms with Crippen LogP contribution in [-0.2, 0) is 23.4 Å². The average molecular weight is 450 g/mol. The van der Waals surface area contributed by atoms with Crippen LogP contribution in [0.15, 0.2) is 91.0 Å². The third kappa shape index (κ3) is 3.80. The Morgan fingerprint density at radius 3 is 2.38 bits per heavy atom. The van der Waals surface area contributed by atoms with Crippen molar-refractivity contribution in [2.45, 2.75) is 38.3 Å². The summed E-state index contributed by atoms with van der Waals surface area (Å²) in [5, 5.41) is 13.8. The Hall–Kier alpha value is -3.76. The molecule has 1 amide bonds. The fraction of sp³-hybridized carbons (Fsp3) is 0.200. The fourth-order valence-electron chi connectivity index (χ4n) is 4.92. The molecule has 0 fully saturated rings. The van der Waals surface area contributed by atoms with Gasteiger partial charge >= 0.3 is 0 Å². The van der Waals surface area contributed by atoms with Gasteiger partial charge in [0.15, 0.2) is 11.4 Å². The molecule has 1 heterocycles. The summed E-state index contributed by atoms with van der Waals surface area (Å²) < 4.78 is 0. The van der Waals surface area contributed by atoms with E-state index in [4.69, 9.17) is 0 Å². The zero-order valence-electron chi connectivity index (χ0n) is 19.2. The molecule has 5 rings (SSSR count). The summed E-state index contributed by atoms with van der Waals surface area (Å²) in [4.78, 5) is 28.4. The van der Waals surface area contributed by atoms with Crippen molar-refractivity contribution in [1.82, 2.24) is 0 Å². The van der Waals surface area contributed by atoms with E-state index in [0.29, 0.717) is 23.4 Å². The number of rotatable bonds is 7. The van der Waals surface area contributed by atoms with Crippen LogP contribution in [0.25, 0.3) is 10.8 Å². The molecule has 0 saturated heterocycles. The Morgan fingerprint density at radius 1 is 0.882 bits per heavy atom. The van der Waals surface area contributed by atoms with Crippen molar-refractivity contribution in [3.63, 3.8) is 0 Å². The van der Waals surface area contributed by atoms with Gasteiger partial charge in [-0.05, 0) is 34.4 Å². The highest BCUT2D eigenvalue weighted by molar-refractivity contribution is 6.11. The second-order valence-electron chi connectivity index (χ2n) is 8.95. The molecule has 1 atom stereocenters. The maximum atomic E-state index is 13.7. The lowest BCUT2D eigenvalue weighted by molar-refractivity contribution is -0.136. The number of fused-ring (bicyclic) bond motifs is 2. The first kappa shape index (κ1) is 22.1. The van der Waals surface area contributed by atoms with Gasteiger partial charge in [0.25, 0.3) is 5.91 Å². The molecule has 0 aliphatic carbocycles. The number of aryl methyl sites for hydroxylation is 1. The number of carbonyl (C=O) groups excluding carboxylic acids is 2. The number of amides is 1. The highest BCUT2D eigenvalue weighted by atomic mass is 16.3. The van der Waals surface area contributed by atoms with Gasteiger partial charge in [0.1, 0.15) is 0 Å². The van der Waals surface area contributed by atoms with E-state index in [0.717, 1.165) is 29.2 Å². The molecule has 0 bridgehead atoms. The van der Waals surface area contributed by atoms with Crippen LogP contribution in [0.2, 0.25) is 0 Å². The number of para-hydroxylation sites is 1. The summed E-state index contributed by atoms with van der Waals surface area (Å²) in [7, 11) is 0. The van der Waals surface area contributed by atoms with Gasteiger partial charge in [-0.3, -0.25) is 9.59 Å². The van der Waals surface area contributed by atoms with E-state index in [2.05, 4.69) is 6.92 Å². The van der Waals surface area contributed by atoms with Crippen LogP contribution in [0.3, 0.4) is 0 Å². The lowest BCUT2D eigenvalue weighted by Gasteiger charge is -2.23. The largest absolute Gasteiger partial charge is 0.375 e. The molecule has 1 aliphatic heterocycles. The van der Waals surface area contributed by atoms with Crippen molar-refractivity contribution >= 4 is 28.2 Å². The molecule has 0 unspecified atom stereocenters. The number of ketones is 1. The molecule has 34 heavy (non-hydrogen) atoms. The van der Waals surface area contributed by atoms with Gasteiger partial charge in [0.2, 0.25) is 0 Å². The summed E-state index contributed by atoms with van der Waals surface area (Å²) in [6, 6.07) is 28.7. The summed E-state index contributed by atoms with van der Waals surface area (Å²) in [5.41, 5.74) is 1.90. The molecule has 4 aromatic rings. The summed E-state index contributed by atoms with van der Waals surface area (Å²) >= 11 is 0. The predicted octanol–water partition coefficient (Wildman–Crippen LogP) is 5.80. The van der Waals surface area contributed by atoms with Crippen LogP contribution in [0.5, 0.6) is 0 Å². The van der Waals surface area contributed by atoms with E-state index in [9.17, 15) is 14.7 Å². The first-order valence-electron chi connectivity index (χ1n) is 11.7. The van der Waals surface area contributed by atoms with Crippen molar-refractivity contribution in [2.24, 2.45) is 0 Å². The number of nitrogens with zero attached hydrogens (tertiary/aromatic N) is 1. The van der Waals surface area contributed by atoms with Crippen LogP contribution < -0.4 is 4.90 Å². The molecule has 1 N–H and O–H groups in total. The molecular weight excluding hydrogens is 422 g/mol. The molecule has 4 aromatic carbocycles. The number of aliphatic hydroxyl groups is 1. The zero-order valence-corrected chi connectivity index (χ0v) is 19.2. The molecular formula is C30H27NO3. The minimum atomic E-state index is -1.89. The molecule has 0 radical (unpaired) electrons. The van der Waals surface area contributed by atoms with Crippen molar-refractivity contribution < 1.29 is 14.7 Å². The van der Waals surface area contributed by atoms with Crippen molar-refractivity contribution in [3.05, 3.63) is 113 Å². The number of Topliss-reactive ketones (excluding diaryl/α,β-unsaturated/α-hetero) is 1. The second-order valence-corrected chi connectivity index (χ2v) is 8.95. The van der Waals surface area contributed by atoms with Crippen LogP contribution >= 0.6 is 0 Å². The number of hydrogen-bond donors (Lipinski definition) is 1. The predicted molar refractivity (Wildman–Crippen MR) is 135 cm³/mol. The maximum absolute atomic E-state index is 13.7. The third-order valence-electron chi connectivity index (χ3n) is 6.68. The van der Waals surface area contributed by atoms with E-state index in [1.807, 2.05) is 66.7 Å². The third-order valence-corrected chi connectivity index (χ3v) is 6.68. The van der Waals surface area contributed by atoms with Crippen molar-refractivity contribution in [3.8, 4) is 0 Å². The van der Waals surface area contributed by atoms with Gasteiger partial charge in [0.05, 0.1) is 18.7 Å². The van der Waals surface area contributed by atoms with Gasteiger partial charge in [0, 0.05) is 11.1 Å². The normalized spacial score (nSPS) is 17.2. The Labute approximate surface area is 199 Å². The summed E-state index contributed by atoms with van der Waals surface area (Å²) in [5.74, 6) is -0.710. The molecule has 4 nitrogen and oxygen atoms in total. The van der Waals surface area contributed by atoms with Gasteiger partial charge in [-0.2, -0.15) is 0 Å². The highest BCUT2D eigenvalue weighted by Gasteiger charge is 2.50. The molecule has 170 valence electrons. The number of benzene rings is 4. The number of hydrogen-bond acceptors (Lipinski definition) is 3. The van der Waals surface area contributed by atoms with Gasteiger partial charge in [-0.25, -0.2) is 0 Å². The highest BCUT2D eigenvalue weighted by Crippen LogP contribution is 2.43. The van der Waals surface area contributed by atoms with E-state index in [1.165, 1.54) is 5.56 Å². The first-order valence-corrected chi connectivity index (χ1v) is 11.7. The monoisotopic (exact) mass is 449 g/mol. The number of anilines is 1. The van der Waals surface area contributed by atoms with Crippen LogP contribution in [-0.4, -0.2) is 16.8 Å². The van der Waals surface area contributed by atoms with Crippen LogP contribution in [0.1, 0.15) is 46.8 Å². The molecule has 0 saturated carbocycles. The van der Waals surface area contributed by atoms with E-state index in [1.54, 1.807) is 29.2 Å². The summed E-state index contributed by atoms with van der Waals surface area (Å²) in [6.07, 6.45) is 1.69. The van der Waals surface area contributed by atoms with Crippen molar-refractivity contribution in [1.29, 1.82) is 0 Å². The van der Waals surface area contributed by atoms with Gasteiger partial charge in [-0.1, -0.05) is 98.3 Å². The Bertz CT molecular complexity index is 1370. The standard InChI is InChI=1S/C30H27NO3/c1-2-8-21-15-17-23(18-16-21)28(32)19-30(34)26-13-5-6-14-27(26)31(29(30)33)20-24-11-7-10-22-9-3-4-12-25(22)24/h3-7,9-18,34H,2,8,19-20H2,1H3/t30-/m0/s1. The quantitative estimate of drug-likeness (QED) is 0.363. The Morgan fingerprint density at radius 2 is 1.59 bits per heavy atom. The Balaban J connectivity index is 1.47. The van der Waals surface area contributed by atoms with Crippen LogP contribution in [0.4, 0.5) is 5.69 Å². The smallest absolute Gasteiger partial charge is 0.264 e. The Kier molecular flexibility index (Phi) is 5.76. The maximum Gasteiger partial charge on any atom is 0.264 e. The minimum Gasteiger partial charge on any atom is -0.375 e. The molecule has 4 heteroatoms. The topological polar surface area (TPSA) is 57.6 Å². The lowest BCUT2D eigenvalue weighted by atomic mass is 9.88. The summed E-state index contributed by atoms with van der Waals surface area (Å²) in [6.45, 7) is 2.43. The van der Waals surface area contributed by atoms with E-state index < -0.39 is 11.5 Å². The van der Waals surface area contributed by atoms with Crippen LogP contribution in [0, 0.1) is 0 Å². The zero-order chi connectivity index (χ0) is 23.7.